The summed E-state index contributed by atoms with van der Waals surface area (Å²) in [5.74, 6) is 0. The molecule has 0 saturated carbocycles. The van der Waals surface area contributed by atoms with Gasteiger partial charge < -0.3 is 0 Å². The highest BCUT2D eigenvalue weighted by atomic mass is 79.9. The summed E-state index contributed by atoms with van der Waals surface area (Å²) in [7, 11) is 0. The van der Waals surface area contributed by atoms with Gasteiger partial charge in [-0.3, -0.25) is 0 Å². The molecule has 0 unspecified atom stereocenters. The van der Waals surface area contributed by atoms with E-state index in [2.05, 4.69) is 131 Å². The van der Waals surface area contributed by atoms with Crippen LogP contribution in [0.4, 0.5) is 0 Å². The highest BCUT2D eigenvalue weighted by molar-refractivity contribution is 9.10. The van der Waals surface area contributed by atoms with E-state index < -0.39 is 0 Å². The first-order valence-corrected chi connectivity index (χ1v) is 12.3. The first-order valence-electron chi connectivity index (χ1n) is 10.7. The van der Waals surface area contributed by atoms with Crippen molar-refractivity contribution in [2.24, 2.45) is 0 Å². The van der Waals surface area contributed by atoms with Crippen molar-refractivity contribution in [1.82, 2.24) is 0 Å². The fourth-order valence-electron chi connectivity index (χ4n) is 4.66. The van der Waals surface area contributed by atoms with Gasteiger partial charge in [-0.1, -0.05) is 117 Å². The number of hydrogen-bond acceptors (Lipinski definition) is 0. The van der Waals surface area contributed by atoms with Crippen LogP contribution in [-0.2, 0) is 5.41 Å². The van der Waals surface area contributed by atoms with Crippen LogP contribution in [0.15, 0.2) is 93.9 Å². The quantitative estimate of drug-likeness (QED) is 0.212. The van der Waals surface area contributed by atoms with Gasteiger partial charge in [0, 0.05) is 8.95 Å². The smallest absolute Gasteiger partial charge is 0.0683 e. The minimum absolute atomic E-state index is 0.348. The fourth-order valence-corrected chi connectivity index (χ4v) is 5.39. The molecule has 0 bridgehead atoms. The second kappa shape index (κ2) is 8.76. The lowest BCUT2D eigenvalue weighted by atomic mass is 9.67. The summed E-state index contributed by atoms with van der Waals surface area (Å²) in [6.07, 6.45) is 0. The van der Waals surface area contributed by atoms with E-state index in [1.54, 1.807) is 0 Å². The molecule has 0 fully saturated rings. The molecule has 31 heavy (non-hydrogen) atoms. The molecular formula is C29H26Br2. The van der Waals surface area contributed by atoms with E-state index in [1.807, 2.05) is 13.8 Å². The van der Waals surface area contributed by atoms with Crippen LogP contribution < -0.4 is 0 Å². The van der Waals surface area contributed by atoms with Gasteiger partial charge in [-0.25, -0.2) is 0 Å². The summed E-state index contributed by atoms with van der Waals surface area (Å²) in [5, 5.41) is 0. The molecule has 2 heteroatoms. The first kappa shape index (κ1) is 22.0. The van der Waals surface area contributed by atoms with Gasteiger partial charge >= 0.3 is 0 Å². The molecule has 1 aliphatic rings. The average molecular weight is 534 g/mol. The number of aryl methyl sites for hydroxylation is 2. The standard InChI is InChI=1S/C27H20Br2.C2H6/c1-17-3-7-19(8-4-17)27(20-9-5-18(2)6-10-20)25-15-21(28)11-13-23(25)24-14-12-22(29)16-26(24)27;1-2/h3-16H,1-2H3;1-2H3. The zero-order chi connectivity index (χ0) is 22.2. The van der Waals surface area contributed by atoms with Crippen LogP contribution in [-0.4, -0.2) is 0 Å². The monoisotopic (exact) mass is 532 g/mol. The van der Waals surface area contributed by atoms with Crippen molar-refractivity contribution in [3.05, 3.63) is 127 Å². The molecule has 4 aromatic carbocycles. The molecule has 0 aliphatic heterocycles. The van der Waals surface area contributed by atoms with Crippen molar-refractivity contribution in [3.63, 3.8) is 0 Å². The molecule has 0 heterocycles. The van der Waals surface area contributed by atoms with Gasteiger partial charge in [-0.15, -0.1) is 0 Å². The van der Waals surface area contributed by atoms with Crippen LogP contribution in [0, 0.1) is 13.8 Å². The SMILES string of the molecule is CC.Cc1ccc(C2(c3ccc(C)cc3)c3cc(Br)ccc3-c3ccc(Br)cc32)cc1. The van der Waals surface area contributed by atoms with Crippen molar-refractivity contribution in [3.8, 4) is 11.1 Å². The highest BCUT2D eigenvalue weighted by Gasteiger charge is 2.46. The van der Waals surface area contributed by atoms with E-state index in [0.717, 1.165) is 8.95 Å². The van der Waals surface area contributed by atoms with Gasteiger partial charge in [0.05, 0.1) is 5.41 Å². The summed E-state index contributed by atoms with van der Waals surface area (Å²) < 4.78 is 2.21. The van der Waals surface area contributed by atoms with Gasteiger partial charge in [0.15, 0.2) is 0 Å². The maximum absolute atomic E-state index is 3.73. The molecule has 0 aromatic heterocycles. The lowest BCUT2D eigenvalue weighted by Gasteiger charge is -2.34. The van der Waals surface area contributed by atoms with Gasteiger partial charge in [0.25, 0.3) is 0 Å². The van der Waals surface area contributed by atoms with E-state index in [0.29, 0.717) is 0 Å². The van der Waals surface area contributed by atoms with Crippen molar-refractivity contribution < 1.29 is 0 Å². The molecule has 0 amide bonds. The summed E-state index contributed by atoms with van der Waals surface area (Å²) in [6, 6.07) is 31.4. The Hall–Kier alpha value is -2.16. The first-order chi connectivity index (χ1) is 15.0. The Balaban J connectivity index is 0.00000112. The van der Waals surface area contributed by atoms with E-state index in [9.17, 15) is 0 Å². The van der Waals surface area contributed by atoms with Crippen LogP contribution in [0.1, 0.15) is 47.2 Å². The van der Waals surface area contributed by atoms with Crippen molar-refractivity contribution >= 4 is 31.9 Å². The van der Waals surface area contributed by atoms with Crippen LogP contribution in [0.25, 0.3) is 11.1 Å². The molecule has 1 aliphatic carbocycles. The van der Waals surface area contributed by atoms with E-state index in [-0.39, 0.29) is 5.41 Å². The Labute approximate surface area is 202 Å². The zero-order valence-corrected chi connectivity index (χ0v) is 21.5. The van der Waals surface area contributed by atoms with Gasteiger partial charge in [-0.05, 0) is 71.5 Å². The number of halogens is 2. The Kier molecular flexibility index (Phi) is 6.23. The van der Waals surface area contributed by atoms with Crippen LogP contribution in [0.3, 0.4) is 0 Å². The summed E-state index contributed by atoms with van der Waals surface area (Å²) in [6.45, 7) is 8.29. The number of fused-ring (bicyclic) bond motifs is 3. The molecule has 0 saturated heterocycles. The van der Waals surface area contributed by atoms with Crippen LogP contribution in [0.5, 0.6) is 0 Å². The lowest BCUT2D eigenvalue weighted by Crippen LogP contribution is -2.28. The maximum atomic E-state index is 3.73. The lowest BCUT2D eigenvalue weighted by molar-refractivity contribution is 0.766. The summed E-state index contributed by atoms with van der Waals surface area (Å²) in [5.41, 5.74) is 10.0. The molecule has 0 spiro atoms. The van der Waals surface area contributed by atoms with Crippen molar-refractivity contribution in [2.75, 3.05) is 0 Å². The van der Waals surface area contributed by atoms with Gasteiger partial charge in [0.1, 0.15) is 0 Å². The van der Waals surface area contributed by atoms with E-state index in [1.165, 1.54) is 44.5 Å². The Morgan fingerprint density at radius 3 is 1.23 bits per heavy atom. The summed E-state index contributed by atoms with van der Waals surface area (Å²) >= 11 is 7.47. The third kappa shape index (κ3) is 3.60. The fraction of sp³-hybridized carbons (Fsp3) is 0.172. The predicted octanol–water partition coefficient (Wildman–Crippen LogP) is 9.22. The van der Waals surface area contributed by atoms with Gasteiger partial charge in [0.2, 0.25) is 0 Å². The normalized spacial score (nSPS) is 13.1. The minimum Gasteiger partial charge on any atom is -0.0683 e. The molecule has 0 N–H and O–H groups in total. The average Bonchev–Trinajstić information content (AvgIpc) is 3.06. The van der Waals surface area contributed by atoms with Crippen molar-refractivity contribution in [1.29, 1.82) is 0 Å². The van der Waals surface area contributed by atoms with E-state index in [4.69, 9.17) is 0 Å². The van der Waals surface area contributed by atoms with Crippen molar-refractivity contribution in [2.45, 2.75) is 33.1 Å². The van der Waals surface area contributed by atoms with Crippen LogP contribution >= 0.6 is 31.9 Å². The highest BCUT2D eigenvalue weighted by Crippen LogP contribution is 2.57. The third-order valence-electron chi connectivity index (χ3n) is 6.03. The molecule has 0 nitrogen and oxygen atoms in total. The number of benzene rings is 4. The minimum atomic E-state index is -0.348. The molecule has 5 rings (SSSR count). The second-order valence-corrected chi connectivity index (χ2v) is 9.69. The Morgan fingerprint density at radius 2 is 0.871 bits per heavy atom. The van der Waals surface area contributed by atoms with Gasteiger partial charge in [-0.2, -0.15) is 0 Å². The maximum Gasteiger partial charge on any atom is 0.0714 e. The molecule has 156 valence electrons. The molecule has 4 aromatic rings. The predicted molar refractivity (Wildman–Crippen MR) is 140 cm³/mol. The largest absolute Gasteiger partial charge is 0.0714 e. The Morgan fingerprint density at radius 1 is 0.516 bits per heavy atom. The zero-order valence-electron chi connectivity index (χ0n) is 18.3. The molecular weight excluding hydrogens is 508 g/mol. The van der Waals surface area contributed by atoms with E-state index >= 15 is 0 Å². The topological polar surface area (TPSA) is 0 Å². The molecule has 0 atom stereocenters. The number of hydrogen-bond donors (Lipinski definition) is 0. The Bertz CT molecular complexity index is 1120. The van der Waals surface area contributed by atoms with Crippen LogP contribution in [0.2, 0.25) is 0 Å². The second-order valence-electron chi connectivity index (χ2n) is 7.86. The summed E-state index contributed by atoms with van der Waals surface area (Å²) in [4.78, 5) is 0. The molecule has 0 radical (unpaired) electrons. The third-order valence-corrected chi connectivity index (χ3v) is 7.02. The number of rotatable bonds is 2.